The maximum Gasteiger partial charge on any atom is 0.246 e. The maximum absolute atomic E-state index is 12.3. The van der Waals surface area contributed by atoms with Gasteiger partial charge in [0.25, 0.3) is 0 Å². The van der Waals surface area contributed by atoms with E-state index in [1.807, 2.05) is 26.0 Å². The number of anilines is 1. The SMILES string of the molecule is CC(C)[C@H](N)C(=O)N[C@@H](C)C(=O)Nc1ccc(C[N+]2(C)CCCCC2)cc1. The van der Waals surface area contributed by atoms with E-state index in [1.54, 1.807) is 6.92 Å². The molecule has 0 radical (unpaired) electrons. The topological polar surface area (TPSA) is 84.2 Å². The molecule has 1 aliphatic rings. The molecule has 0 unspecified atom stereocenters. The van der Waals surface area contributed by atoms with Gasteiger partial charge in [0.2, 0.25) is 11.8 Å². The van der Waals surface area contributed by atoms with Crippen LogP contribution in [0.2, 0.25) is 0 Å². The second kappa shape index (κ2) is 9.33. The van der Waals surface area contributed by atoms with Crippen molar-refractivity contribution in [1.29, 1.82) is 0 Å². The van der Waals surface area contributed by atoms with Gasteiger partial charge in [-0.1, -0.05) is 26.0 Å². The van der Waals surface area contributed by atoms with E-state index in [9.17, 15) is 9.59 Å². The Labute approximate surface area is 163 Å². The summed E-state index contributed by atoms with van der Waals surface area (Å²) in [4.78, 5) is 24.3. The molecule has 2 amide bonds. The third-order valence-corrected chi connectivity index (χ3v) is 5.45. The number of likely N-dealkylation sites (tertiary alicyclic amines) is 1. The number of nitrogens with zero attached hydrogens (tertiary/aromatic N) is 1. The summed E-state index contributed by atoms with van der Waals surface area (Å²) in [6, 6.07) is 6.76. The third-order valence-electron chi connectivity index (χ3n) is 5.45. The molecule has 1 aromatic rings. The minimum Gasteiger partial charge on any atom is -0.343 e. The number of carbonyl (C=O) groups is 2. The second-order valence-corrected chi connectivity index (χ2v) is 8.47. The summed E-state index contributed by atoms with van der Waals surface area (Å²) in [5.41, 5.74) is 7.83. The van der Waals surface area contributed by atoms with Gasteiger partial charge in [-0.05, 0) is 44.2 Å². The summed E-state index contributed by atoms with van der Waals surface area (Å²) in [6.45, 7) is 8.90. The lowest BCUT2D eigenvalue weighted by Gasteiger charge is -2.37. The summed E-state index contributed by atoms with van der Waals surface area (Å²) in [6.07, 6.45) is 3.94. The number of hydrogen-bond acceptors (Lipinski definition) is 3. The van der Waals surface area contributed by atoms with Gasteiger partial charge in [0.1, 0.15) is 12.6 Å². The first kappa shape index (κ1) is 21.4. The molecular weight excluding hydrogens is 340 g/mol. The molecule has 27 heavy (non-hydrogen) atoms. The summed E-state index contributed by atoms with van der Waals surface area (Å²) < 4.78 is 1.09. The zero-order valence-electron chi connectivity index (χ0n) is 17.1. The number of nitrogens with two attached hydrogens (primary N) is 1. The molecule has 0 bridgehead atoms. The number of benzene rings is 1. The molecule has 1 aliphatic heterocycles. The first-order valence-electron chi connectivity index (χ1n) is 9.99. The van der Waals surface area contributed by atoms with E-state index in [0.29, 0.717) is 0 Å². The Hall–Kier alpha value is -1.92. The van der Waals surface area contributed by atoms with Gasteiger partial charge in [-0.3, -0.25) is 9.59 Å². The van der Waals surface area contributed by atoms with Gasteiger partial charge < -0.3 is 20.9 Å². The fourth-order valence-corrected chi connectivity index (χ4v) is 3.50. The summed E-state index contributed by atoms with van der Waals surface area (Å²) in [7, 11) is 2.32. The quantitative estimate of drug-likeness (QED) is 0.639. The summed E-state index contributed by atoms with van der Waals surface area (Å²) in [5.74, 6) is -0.527. The number of quaternary nitrogens is 1. The summed E-state index contributed by atoms with van der Waals surface area (Å²) >= 11 is 0. The van der Waals surface area contributed by atoms with Crippen LogP contribution >= 0.6 is 0 Å². The lowest BCUT2D eigenvalue weighted by molar-refractivity contribution is -0.926. The molecule has 1 saturated heterocycles. The van der Waals surface area contributed by atoms with Crippen molar-refractivity contribution in [1.82, 2.24) is 5.32 Å². The van der Waals surface area contributed by atoms with Crippen molar-refractivity contribution in [3.8, 4) is 0 Å². The molecule has 6 heteroatoms. The Kier molecular flexibility index (Phi) is 7.39. The minimum atomic E-state index is -0.639. The Morgan fingerprint density at radius 2 is 1.63 bits per heavy atom. The molecule has 150 valence electrons. The molecule has 0 spiro atoms. The molecule has 2 rings (SSSR count). The van der Waals surface area contributed by atoms with Crippen LogP contribution in [0.1, 0.15) is 45.6 Å². The number of carbonyl (C=O) groups excluding carboxylic acids is 2. The van der Waals surface area contributed by atoms with Crippen molar-refractivity contribution < 1.29 is 14.1 Å². The van der Waals surface area contributed by atoms with E-state index in [2.05, 4.69) is 29.8 Å². The van der Waals surface area contributed by atoms with Crippen LogP contribution < -0.4 is 16.4 Å². The van der Waals surface area contributed by atoms with E-state index in [1.165, 1.54) is 37.9 Å². The van der Waals surface area contributed by atoms with Crippen molar-refractivity contribution in [2.45, 2.75) is 58.7 Å². The van der Waals surface area contributed by atoms with Crippen molar-refractivity contribution >= 4 is 17.5 Å². The second-order valence-electron chi connectivity index (χ2n) is 8.47. The highest BCUT2D eigenvalue weighted by atomic mass is 16.2. The molecule has 0 aliphatic carbocycles. The Bertz CT molecular complexity index is 636. The van der Waals surface area contributed by atoms with Gasteiger partial charge in [0, 0.05) is 11.3 Å². The Morgan fingerprint density at radius 3 is 2.19 bits per heavy atom. The smallest absolute Gasteiger partial charge is 0.246 e. The molecule has 0 saturated carbocycles. The zero-order valence-corrected chi connectivity index (χ0v) is 17.1. The first-order chi connectivity index (χ1) is 12.7. The van der Waals surface area contributed by atoms with Crippen LogP contribution in [0.25, 0.3) is 0 Å². The van der Waals surface area contributed by atoms with Gasteiger partial charge in [-0.25, -0.2) is 0 Å². The number of amides is 2. The van der Waals surface area contributed by atoms with Gasteiger partial charge >= 0.3 is 0 Å². The zero-order chi connectivity index (χ0) is 20.0. The lowest BCUT2D eigenvalue weighted by Crippen LogP contribution is -2.50. The van der Waals surface area contributed by atoms with Crippen LogP contribution in [0.4, 0.5) is 5.69 Å². The van der Waals surface area contributed by atoms with Gasteiger partial charge in [0.05, 0.1) is 26.2 Å². The largest absolute Gasteiger partial charge is 0.343 e. The fraction of sp³-hybridized carbons (Fsp3) is 0.619. The van der Waals surface area contributed by atoms with Crippen LogP contribution in [0.3, 0.4) is 0 Å². The number of nitrogens with one attached hydrogen (secondary N) is 2. The number of hydrogen-bond donors (Lipinski definition) is 3. The van der Waals surface area contributed by atoms with E-state index in [4.69, 9.17) is 5.73 Å². The highest BCUT2D eigenvalue weighted by Crippen LogP contribution is 2.21. The van der Waals surface area contributed by atoms with Crippen LogP contribution in [-0.4, -0.2) is 48.5 Å². The number of rotatable bonds is 7. The normalized spacial score (nSPS) is 18.6. The molecule has 2 atom stereocenters. The predicted molar refractivity (Wildman–Crippen MR) is 109 cm³/mol. The minimum absolute atomic E-state index is 0.0252. The van der Waals surface area contributed by atoms with E-state index < -0.39 is 12.1 Å². The van der Waals surface area contributed by atoms with E-state index >= 15 is 0 Å². The first-order valence-corrected chi connectivity index (χ1v) is 9.99. The van der Waals surface area contributed by atoms with Crippen molar-refractivity contribution in [3.05, 3.63) is 29.8 Å². The lowest BCUT2D eigenvalue weighted by atomic mass is 10.0. The molecule has 6 nitrogen and oxygen atoms in total. The van der Waals surface area contributed by atoms with Crippen LogP contribution in [0.15, 0.2) is 24.3 Å². The molecule has 0 aromatic heterocycles. The molecule has 4 N–H and O–H groups in total. The van der Waals surface area contributed by atoms with Gasteiger partial charge in [-0.15, -0.1) is 0 Å². The van der Waals surface area contributed by atoms with Crippen molar-refractivity contribution in [2.75, 3.05) is 25.5 Å². The monoisotopic (exact) mass is 375 g/mol. The third kappa shape index (κ3) is 6.33. The highest BCUT2D eigenvalue weighted by molar-refractivity contribution is 5.97. The fourth-order valence-electron chi connectivity index (χ4n) is 3.50. The maximum atomic E-state index is 12.3. The van der Waals surface area contributed by atoms with Crippen molar-refractivity contribution in [3.63, 3.8) is 0 Å². The van der Waals surface area contributed by atoms with Gasteiger partial charge in [0.15, 0.2) is 0 Å². The van der Waals surface area contributed by atoms with Crippen molar-refractivity contribution in [2.24, 2.45) is 11.7 Å². The Balaban J connectivity index is 1.87. The predicted octanol–water partition coefficient (Wildman–Crippen LogP) is 2.24. The van der Waals surface area contributed by atoms with Crippen LogP contribution in [0, 0.1) is 5.92 Å². The average molecular weight is 376 g/mol. The van der Waals surface area contributed by atoms with Crippen LogP contribution in [-0.2, 0) is 16.1 Å². The molecular formula is C21H35N4O2+. The van der Waals surface area contributed by atoms with Crippen LogP contribution in [0.5, 0.6) is 0 Å². The summed E-state index contributed by atoms with van der Waals surface area (Å²) in [5, 5.41) is 5.53. The average Bonchev–Trinajstić information content (AvgIpc) is 2.62. The number of piperidine rings is 1. The van der Waals surface area contributed by atoms with E-state index in [0.717, 1.165) is 16.7 Å². The molecule has 1 aromatic carbocycles. The molecule has 1 heterocycles. The van der Waals surface area contributed by atoms with E-state index in [-0.39, 0.29) is 17.7 Å². The highest BCUT2D eigenvalue weighted by Gasteiger charge is 2.25. The molecule has 1 fully saturated rings. The van der Waals surface area contributed by atoms with Gasteiger partial charge in [-0.2, -0.15) is 0 Å². The standard InChI is InChI=1S/C21H34N4O2/c1-15(2)19(22)21(27)23-16(3)20(26)24-18-10-8-17(9-11-18)14-25(4)12-6-5-7-13-25/h8-11,15-16,19H,5-7,12-14,22H2,1-4H3,(H-,23,24,26,27)/p+1/t16-,19-/m0/s1. The Morgan fingerprint density at radius 1 is 1.04 bits per heavy atom.